The van der Waals surface area contributed by atoms with E-state index in [-0.39, 0.29) is 0 Å². The predicted molar refractivity (Wildman–Crippen MR) is 74.2 cm³/mol. The number of carbonyl (C=O) groups is 1. The van der Waals surface area contributed by atoms with Crippen molar-refractivity contribution in [3.05, 3.63) is 0 Å². The molecule has 0 aliphatic heterocycles. The molecule has 0 unspecified atom stereocenters. The van der Waals surface area contributed by atoms with E-state index < -0.39 is 0 Å². The molecule has 3 nitrogen and oxygen atoms in total. The fraction of sp³-hybridized carbons (Fsp3) is 0.933. The van der Waals surface area contributed by atoms with Gasteiger partial charge in [-0.25, -0.2) is 0 Å². The molecule has 2 aliphatic carbocycles. The monoisotopic (exact) mass is 252 g/mol. The molecule has 2 fully saturated rings. The summed E-state index contributed by atoms with van der Waals surface area (Å²) in [6.07, 6.45) is 12.0. The van der Waals surface area contributed by atoms with Crippen molar-refractivity contribution in [1.82, 2.24) is 4.90 Å². The summed E-state index contributed by atoms with van der Waals surface area (Å²) < 4.78 is 0. The van der Waals surface area contributed by atoms with Gasteiger partial charge in [0, 0.05) is 18.5 Å². The van der Waals surface area contributed by atoms with Gasteiger partial charge < -0.3 is 10.6 Å². The number of nitrogens with zero attached hydrogens (tertiary/aromatic N) is 1. The first kappa shape index (κ1) is 13.9. The fourth-order valence-corrected chi connectivity index (χ4v) is 3.53. The van der Waals surface area contributed by atoms with Crippen molar-refractivity contribution < 1.29 is 4.79 Å². The zero-order valence-electron chi connectivity index (χ0n) is 11.6. The molecule has 3 heteroatoms. The van der Waals surface area contributed by atoms with Gasteiger partial charge in [0.2, 0.25) is 5.91 Å². The van der Waals surface area contributed by atoms with Crippen molar-refractivity contribution >= 4 is 5.91 Å². The summed E-state index contributed by atoms with van der Waals surface area (Å²) in [5.41, 5.74) is 5.62. The van der Waals surface area contributed by atoms with E-state index in [4.69, 9.17) is 5.73 Å². The van der Waals surface area contributed by atoms with Crippen molar-refractivity contribution in [2.24, 2.45) is 11.7 Å². The summed E-state index contributed by atoms with van der Waals surface area (Å²) in [6, 6.07) is 0.519. The van der Waals surface area contributed by atoms with E-state index in [1.807, 2.05) is 0 Å². The highest BCUT2D eigenvalue weighted by Crippen LogP contribution is 2.30. The predicted octanol–water partition coefficient (Wildman–Crippen LogP) is 2.69. The molecule has 104 valence electrons. The molecule has 0 radical (unpaired) electrons. The molecule has 1 amide bonds. The molecular weight excluding hydrogens is 224 g/mol. The minimum atomic E-state index is 0.317. The number of hydrogen-bond donors (Lipinski definition) is 1. The first-order chi connectivity index (χ1) is 8.83. The molecular formula is C15H28N2O. The SMILES string of the molecule is NCCCN(C(=O)C1CCCCC1)C1CCCC1. The number of hydrogen-bond acceptors (Lipinski definition) is 2. The summed E-state index contributed by atoms with van der Waals surface area (Å²) in [6.45, 7) is 1.58. The standard InChI is InChI=1S/C15H28N2O/c16-11-6-12-17(14-9-4-5-10-14)15(18)13-7-2-1-3-8-13/h13-14H,1-12,16H2. The summed E-state index contributed by atoms with van der Waals surface area (Å²) in [7, 11) is 0. The highest BCUT2D eigenvalue weighted by molar-refractivity contribution is 5.79. The van der Waals surface area contributed by atoms with Gasteiger partial charge in [-0.05, 0) is 38.6 Å². The van der Waals surface area contributed by atoms with Crippen LogP contribution < -0.4 is 5.73 Å². The lowest BCUT2D eigenvalue weighted by molar-refractivity contribution is -0.139. The van der Waals surface area contributed by atoms with Crippen molar-refractivity contribution in [2.45, 2.75) is 70.3 Å². The van der Waals surface area contributed by atoms with Crippen LogP contribution in [0.5, 0.6) is 0 Å². The van der Waals surface area contributed by atoms with E-state index in [1.54, 1.807) is 0 Å². The second-order valence-corrected chi connectivity index (χ2v) is 5.95. The third kappa shape index (κ3) is 3.47. The molecule has 2 N–H and O–H groups in total. The average molecular weight is 252 g/mol. The Balaban J connectivity index is 1.94. The average Bonchev–Trinajstić information content (AvgIpc) is 2.94. The topological polar surface area (TPSA) is 46.3 Å². The van der Waals surface area contributed by atoms with Crippen LogP contribution in [0.4, 0.5) is 0 Å². The Morgan fingerprint density at radius 2 is 1.61 bits per heavy atom. The Morgan fingerprint density at radius 3 is 2.22 bits per heavy atom. The molecule has 0 aromatic rings. The van der Waals surface area contributed by atoms with Gasteiger partial charge in [0.25, 0.3) is 0 Å². The van der Waals surface area contributed by atoms with Crippen LogP contribution in [0.15, 0.2) is 0 Å². The Morgan fingerprint density at radius 1 is 1.00 bits per heavy atom. The second kappa shape index (κ2) is 7.13. The summed E-state index contributed by atoms with van der Waals surface area (Å²) in [5, 5.41) is 0. The van der Waals surface area contributed by atoms with Gasteiger partial charge in [-0.3, -0.25) is 4.79 Å². The van der Waals surface area contributed by atoms with Crippen molar-refractivity contribution in [1.29, 1.82) is 0 Å². The molecule has 0 heterocycles. The van der Waals surface area contributed by atoms with Gasteiger partial charge in [0.15, 0.2) is 0 Å². The molecule has 2 saturated carbocycles. The zero-order valence-corrected chi connectivity index (χ0v) is 11.6. The third-order valence-electron chi connectivity index (χ3n) is 4.61. The van der Waals surface area contributed by atoms with Gasteiger partial charge >= 0.3 is 0 Å². The van der Waals surface area contributed by atoms with Crippen LogP contribution in [-0.4, -0.2) is 29.9 Å². The molecule has 18 heavy (non-hydrogen) atoms. The molecule has 0 aromatic carbocycles. The van der Waals surface area contributed by atoms with Gasteiger partial charge in [-0.2, -0.15) is 0 Å². The Labute approximate surface area is 111 Å². The second-order valence-electron chi connectivity index (χ2n) is 5.95. The smallest absolute Gasteiger partial charge is 0.225 e. The largest absolute Gasteiger partial charge is 0.339 e. The lowest BCUT2D eigenvalue weighted by Crippen LogP contribution is -2.44. The molecule has 0 saturated heterocycles. The number of amides is 1. The minimum Gasteiger partial charge on any atom is -0.339 e. The first-order valence-corrected chi connectivity index (χ1v) is 7.83. The maximum absolute atomic E-state index is 12.7. The van der Waals surface area contributed by atoms with Crippen LogP contribution in [0, 0.1) is 5.92 Å². The van der Waals surface area contributed by atoms with Gasteiger partial charge in [-0.15, -0.1) is 0 Å². The van der Waals surface area contributed by atoms with Crippen LogP contribution in [0.1, 0.15) is 64.2 Å². The molecule has 0 atom stereocenters. The van der Waals surface area contributed by atoms with Crippen molar-refractivity contribution in [3.8, 4) is 0 Å². The van der Waals surface area contributed by atoms with E-state index in [2.05, 4.69) is 4.90 Å². The third-order valence-corrected chi connectivity index (χ3v) is 4.61. The van der Waals surface area contributed by atoms with Crippen LogP contribution >= 0.6 is 0 Å². The maximum atomic E-state index is 12.7. The summed E-state index contributed by atoms with van der Waals surface area (Å²) in [5.74, 6) is 0.757. The van der Waals surface area contributed by atoms with E-state index in [1.165, 1.54) is 44.9 Å². The highest BCUT2D eigenvalue weighted by Gasteiger charge is 2.31. The lowest BCUT2D eigenvalue weighted by atomic mass is 9.88. The summed E-state index contributed by atoms with van der Waals surface area (Å²) in [4.78, 5) is 14.9. The first-order valence-electron chi connectivity index (χ1n) is 7.83. The zero-order chi connectivity index (χ0) is 12.8. The van der Waals surface area contributed by atoms with Crippen LogP contribution in [0.3, 0.4) is 0 Å². The number of rotatable bonds is 5. The Bertz CT molecular complexity index is 255. The highest BCUT2D eigenvalue weighted by atomic mass is 16.2. The molecule has 0 spiro atoms. The van der Waals surface area contributed by atoms with E-state index in [0.29, 0.717) is 24.4 Å². The molecule has 0 bridgehead atoms. The van der Waals surface area contributed by atoms with Gasteiger partial charge in [-0.1, -0.05) is 32.1 Å². The van der Waals surface area contributed by atoms with Gasteiger partial charge in [0.05, 0.1) is 0 Å². The minimum absolute atomic E-state index is 0.317. The van der Waals surface area contributed by atoms with Crippen LogP contribution in [0.25, 0.3) is 0 Å². The van der Waals surface area contributed by atoms with Crippen molar-refractivity contribution in [3.63, 3.8) is 0 Å². The van der Waals surface area contributed by atoms with Crippen LogP contribution in [0.2, 0.25) is 0 Å². The number of carbonyl (C=O) groups excluding carboxylic acids is 1. The molecule has 2 rings (SSSR count). The fourth-order valence-electron chi connectivity index (χ4n) is 3.53. The van der Waals surface area contributed by atoms with E-state index in [9.17, 15) is 4.79 Å². The molecule has 2 aliphatic rings. The summed E-state index contributed by atoms with van der Waals surface area (Å²) >= 11 is 0. The normalized spacial score (nSPS) is 22.3. The van der Waals surface area contributed by atoms with Crippen molar-refractivity contribution in [2.75, 3.05) is 13.1 Å². The van der Waals surface area contributed by atoms with E-state index >= 15 is 0 Å². The maximum Gasteiger partial charge on any atom is 0.225 e. The van der Waals surface area contributed by atoms with E-state index in [0.717, 1.165) is 25.8 Å². The Hall–Kier alpha value is -0.570. The lowest BCUT2D eigenvalue weighted by Gasteiger charge is -2.33. The Kier molecular flexibility index (Phi) is 5.48. The van der Waals surface area contributed by atoms with Crippen LogP contribution in [-0.2, 0) is 4.79 Å². The van der Waals surface area contributed by atoms with Gasteiger partial charge in [0.1, 0.15) is 0 Å². The molecule has 0 aromatic heterocycles. The number of nitrogens with two attached hydrogens (primary N) is 1. The quantitative estimate of drug-likeness (QED) is 0.817.